The van der Waals surface area contributed by atoms with Crippen molar-refractivity contribution in [2.75, 3.05) is 30.5 Å². The fraction of sp³-hybridized carbons (Fsp3) is 0.348. The standard InChI is InChI=1S/C23H26ClN7O3/c1-34-17-6-5-15(19(24)10-17)11-27-21-18(22(33)28-13-20-25-7-3-8-26-20)12-29-23(30-21)31-9-2-4-16(31)14-32/h3,5-8,10,12,16,32H,2,4,9,11,13-14H2,1H3,(H,28,33)(H,27,29,30)/t16-/m1/s1. The summed E-state index contributed by atoms with van der Waals surface area (Å²) in [7, 11) is 1.58. The lowest BCUT2D eigenvalue weighted by Crippen LogP contribution is -2.34. The molecule has 1 saturated heterocycles. The van der Waals surface area contributed by atoms with Gasteiger partial charge >= 0.3 is 0 Å². The largest absolute Gasteiger partial charge is 0.497 e. The Hall–Kier alpha value is -3.50. The average Bonchev–Trinajstić information content (AvgIpc) is 3.36. The zero-order chi connectivity index (χ0) is 23.9. The van der Waals surface area contributed by atoms with E-state index in [4.69, 9.17) is 16.3 Å². The minimum atomic E-state index is -0.359. The van der Waals surface area contributed by atoms with E-state index in [-0.39, 0.29) is 30.7 Å². The van der Waals surface area contributed by atoms with Gasteiger partial charge in [0.15, 0.2) is 0 Å². The molecule has 3 aromatic rings. The summed E-state index contributed by atoms with van der Waals surface area (Å²) in [5, 5.41) is 16.3. The van der Waals surface area contributed by atoms with Crippen LogP contribution in [0.15, 0.2) is 42.9 Å². The Morgan fingerprint density at radius 1 is 1.26 bits per heavy atom. The number of methoxy groups -OCH3 is 1. The van der Waals surface area contributed by atoms with Gasteiger partial charge in [-0.1, -0.05) is 17.7 Å². The summed E-state index contributed by atoms with van der Waals surface area (Å²) in [4.78, 5) is 32.2. The van der Waals surface area contributed by atoms with Crippen LogP contribution in [0, 0.1) is 0 Å². The van der Waals surface area contributed by atoms with Gasteiger partial charge in [0.2, 0.25) is 5.95 Å². The molecule has 2 aromatic heterocycles. The van der Waals surface area contributed by atoms with Gasteiger partial charge in [-0.15, -0.1) is 0 Å². The Morgan fingerprint density at radius 2 is 2.09 bits per heavy atom. The minimum absolute atomic E-state index is 0.0207. The first-order chi connectivity index (χ1) is 16.6. The van der Waals surface area contributed by atoms with Crippen molar-refractivity contribution in [2.45, 2.75) is 32.0 Å². The highest BCUT2D eigenvalue weighted by molar-refractivity contribution is 6.31. The van der Waals surface area contributed by atoms with E-state index in [0.717, 1.165) is 24.9 Å². The van der Waals surface area contributed by atoms with Crippen LogP contribution in [0.25, 0.3) is 0 Å². The second kappa shape index (κ2) is 11.1. The summed E-state index contributed by atoms with van der Waals surface area (Å²) in [5.41, 5.74) is 1.10. The molecule has 1 aliphatic heterocycles. The summed E-state index contributed by atoms with van der Waals surface area (Å²) in [5.74, 6) is 1.62. The number of anilines is 2. The van der Waals surface area contributed by atoms with Gasteiger partial charge in [0.25, 0.3) is 5.91 Å². The van der Waals surface area contributed by atoms with E-state index in [1.807, 2.05) is 17.0 Å². The van der Waals surface area contributed by atoms with Gasteiger partial charge in [0.05, 0.1) is 26.3 Å². The third-order valence-electron chi connectivity index (χ3n) is 5.60. The Bertz CT molecular complexity index is 1130. The molecule has 0 bridgehead atoms. The summed E-state index contributed by atoms with van der Waals surface area (Å²) >= 11 is 6.39. The number of benzene rings is 1. The quantitative estimate of drug-likeness (QED) is 0.420. The van der Waals surface area contributed by atoms with Crippen molar-refractivity contribution >= 4 is 29.3 Å². The first kappa shape index (κ1) is 23.7. The molecule has 0 saturated carbocycles. The number of carbonyl (C=O) groups is 1. The average molecular weight is 484 g/mol. The predicted molar refractivity (Wildman–Crippen MR) is 128 cm³/mol. The van der Waals surface area contributed by atoms with Gasteiger partial charge in [-0.3, -0.25) is 4.79 Å². The molecule has 0 spiro atoms. The second-order valence-electron chi connectivity index (χ2n) is 7.76. The van der Waals surface area contributed by atoms with Crippen LogP contribution in [0.4, 0.5) is 11.8 Å². The zero-order valence-corrected chi connectivity index (χ0v) is 19.5. The van der Waals surface area contributed by atoms with Crippen molar-refractivity contribution in [1.29, 1.82) is 0 Å². The number of hydrogen-bond acceptors (Lipinski definition) is 9. The fourth-order valence-electron chi connectivity index (χ4n) is 3.75. The molecule has 1 amide bonds. The van der Waals surface area contributed by atoms with Crippen LogP contribution in [0.3, 0.4) is 0 Å². The molecule has 0 aliphatic carbocycles. The summed E-state index contributed by atoms with van der Waals surface area (Å²) in [6, 6.07) is 7.07. The summed E-state index contributed by atoms with van der Waals surface area (Å²) in [6.07, 6.45) is 6.53. The molecular formula is C23H26ClN7O3. The second-order valence-corrected chi connectivity index (χ2v) is 8.17. The molecule has 10 nitrogen and oxygen atoms in total. The van der Waals surface area contributed by atoms with E-state index in [2.05, 4.69) is 30.6 Å². The first-order valence-electron chi connectivity index (χ1n) is 10.9. The highest BCUT2D eigenvalue weighted by atomic mass is 35.5. The van der Waals surface area contributed by atoms with E-state index >= 15 is 0 Å². The number of ether oxygens (including phenoxy) is 1. The number of hydrogen-bond donors (Lipinski definition) is 3. The summed E-state index contributed by atoms with van der Waals surface area (Å²) in [6.45, 7) is 1.27. The molecule has 34 heavy (non-hydrogen) atoms. The molecule has 3 N–H and O–H groups in total. The molecule has 1 fully saturated rings. The molecule has 1 atom stereocenters. The lowest BCUT2D eigenvalue weighted by molar-refractivity contribution is 0.0950. The minimum Gasteiger partial charge on any atom is -0.497 e. The first-order valence-corrected chi connectivity index (χ1v) is 11.3. The lowest BCUT2D eigenvalue weighted by atomic mass is 10.2. The van der Waals surface area contributed by atoms with Crippen molar-refractivity contribution in [3.05, 3.63) is 64.8 Å². The number of aromatic nitrogens is 4. The number of rotatable bonds is 9. The number of aliphatic hydroxyl groups is 1. The lowest BCUT2D eigenvalue weighted by Gasteiger charge is -2.24. The Balaban J connectivity index is 1.57. The van der Waals surface area contributed by atoms with Crippen molar-refractivity contribution in [3.63, 3.8) is 0 Å². The fourth-order valence-corrected chi connectivity index (χ4v) is 3.99. The smallest absolute Gasteiger partial charge is 0.256 e. The number of halogens is 1. The van der Waals surface area contributed by atoms with E-state index < -0.39 is 0 Å². The summed E-state index contributed by atoms with van der Waals surface area (Å²) < 4.78 is 5.21. The van der Waals surface area contributed by atoms with E-state index in [0.29, 0.717) is 34.9 Å². The third kappa shape index (κ3) is 5.52. The maximum Gasteiger partial charge on any atom is 0.256 e. The third-order valence-corrected chi connectivity index (χ3v) is 5.95. The number of amides is 1. The highest BCUT2D eigenvalue weighted by Gasteiger charge is 2.27. The predicted octanol–water partition coefficient (Wildman–Crippen LogP) is 2.43. The molecule has 1 aromatic carbocycles. The van der Waals surface area contributed by atoms with Crippen LogP contribution in [0.1, 0.15) is 34.6 Å². The van der Waals surface area contributed by atoms with Crippen molar-refractivity contribution in [2.24, 2.45) is 0 Å². The van der Waals surface area contributed by atoms with Crippen LogP contribution in [0.5, 0.6) is 5.75 Å². The van der Waals surface area contributed by atoms with E-state index in [1.165, 1.54) is 6.20 Å². The van der Waals surface area contributed by atoms with Gasteiger partial charge in [0.1, 0.15) is 23.0 Å². The van der Waals surface area contributed by atoms with Crippen molar-refractivity contribution < 1.29 is 14.6 Å². The zero-order valence-electron chi connectivity index (χ0n) is 18.7. The topological polar surface area (TPSA) is 125 Å². The molecule has 4 rings (SSSR count). The number of nitrogens with zero attached hydrogens (tertiary/aromatic N) is 5. The van der Waals surface area contributed by atoms with Gasteiger partial charge in [-0.2, -0.15) is 4.98 Å². The maximum absolute atomic E-state index is 13.0. The van der Waals surface area contributed by atoms with Gasteiger partial charge in [-0.05, 0) is 36.6 Å². The SMILES string of the molecule is COc1ccc(CNc2nc(N3CCC[C@@H]3CO)ncc2C(=O)NCc2ncccn2)c(Cl)c1. The highest BCUT2D eigenvalue weighted by Crippen LogP contribution is 2.26. The molecule has 0 unspecified atom stereocenters. The molecule has 11 heteroatoms. The number of aliphatic hydroxyl groups excluding tert-OH is 1. The molecule has 178 valence electrons. The van der Waals surface area contributed by atoms with Crippen LogP contribution >= 0.6 is 11.6 Å². The Kier molecular flexibility index (Phi) is 7.71. The van der Waals surface area contributed by atoms with Gasteiger partial charge in [0, 0.05) is 36.7 Å². The monoisotopic (exact) mass is 483 g/mol. The van der Waals surface area contributed by atoms with Crippen LogP contribution < -0.4 is 20.3 Å². The van der Waals surface area contributed by atoms with Gasteiger partial charge in [-0.25, -0.2) is 15.0 Å². The Labute approximate surface area is 202 Å². The number of nitrogens with one attached hydrogen (secondary N) is 2. The normalized spacial score (nSPS) is 15.3. The van der Waals surface area contributed by atoms with E-state index in [1.54, 1.807) is 31.6 Å². The van der Waals surface area contributed by atoms with Crippen LogP contribution in [-0.2, 0) is 13.1 Å². The maximum atomic E-state index is 13.0. The van der Waals surface area contributed by atoms with Crippen molar-refractivity contribution in [1.82, 2.24) is 25.3 Å². The molecule has 1 aliphatic rings. The van der Waals surface area contributed by atoms with Crippen molar-refractivity contribution in [3.8, 4) is 5.75 Å². The van der Waals surface area contributed by atoms with E-state index in [9.17, 15) is 9.90 Å². The van der Waals surface area contributed by atoms with Crippen LogP contribution in [-0.4, -0.2) is 57.3 Å². The van der Waals surface area contributed by atoms with Gasteiger partial charge < -0.3 is 25.4 Å². The molecule has 0 radical (unpaired) electrons. The van der Waals surface area contributed by atoms with Crippen LogP contribution in [0.2, 0.25) is 5.02 Å². The molecular weight excluding hydrogens is 458 g/mol. The Morgan fingerprint density at radius 3 is 2.82 bits per heavy atom. The number of carbonyl (C=O) groups excluding carboxylic acids is 1. The molecule has 3 heterocycles.